The van der Waals surface area contributed by atoms with Crippen LogP contribution < -0.4 is 50.8 Å². The predicted molar refractivity (Wildman–Crippen MR) is 471 cm³/mol. The van der Waals surface area contributed by atoms with E-state index in [1.807, 2.05) is 94.8 Å². The van der Waals surface area contributed by atoms with Crippen LogP contribution in [-0.4, -0.2) is 230 Å². The van der Waals surface area contributed by atoms with Gasteiger partial charge in [0, 0.05) is 144 Å². The summed E-state index contributed by atoms with van der Waals surface area (Å²) in [5.41, 5.74) is 11.6. The number of anilines is 1. The molecule has 125 heavy (non-hydrogen) atoms. The highest BCUT2D eigenvalue weighted by atomic mass is 35.5. The highest BCUT2D eigenvalue weighted by Gasteiger charge is 2.36. The maximum atomic E-state index is 14.0. The second-order valence-electron chi connectivity index (χ2n) is 31.0. The van der Waals surface area contributed by atoms with E-state index in [1.54, 1.807) is 68.2 Å². The Labute approximate surface area is 735 Å². The molecule has 8 N–H and O–H groups in total. The van der Waals surface area contributed by atoms with E-state index in [0.29, 0.717) is 142 Å². The number of aliphatic imine (C=N–C) groups is 2. The van der Waals surface area contributed by atoms with Crippen molar-refractivity contribution in [1.82, 2.24) is 40.4 Å². The molecule has 4 aromatic rings. The zero-order chi connectivity index (χ0) is 93.1. The molecule has 0 aromatic heterocycles. The number of aliphatic carboxylic acids is 1. The monoisotopic (exact) mass is 1760 g/mol. The van der Waals surface area contributed by atoms with E-state index in [4.69, 9.17) is 62.4 Å². The van der Waals surface area contributed by atoms with Crippen molar-refractivity contribution in [3.8, 4) is 23.0 Å². The Bertz CT molecular complexity index is 4600. The molecule has 10 rings (SSSR count). The van der Waals surface area contributed by atoms with Gasteiger partial charge < -0.3 is 70.3 Å². The van der Waals surface area contributed by atoms with Crippen molar-refractivity contribution >= 4 is 135 Å². The van der Waals surface area contributed by atoms with E-state index >= 15 is 0 Å². The number of carbonyl (C=O) groups is 14. The molecule has 0 radical (unpaired) electrons. The summed E-state index contributed by atoms with van der Waals surface area (Å²) in [5.74, 6) is -2.79. The number of methoxy groups -OCH3 is 2. The number of nitrogens with one attached hydrogen (secondary N) is 5. The number of nitrogens with two attached hydrogens (primary N) is 1. The summed E-state index contributed by atoms with van der Waals surface area (Å²) in [6.45, 7) is 19.2. The van der Waals surface area contributed by atoms with Crippen LogP contribution in [0, 0.1) is 6.92 Å². The number of halogens is 2. The van der Waals surface area contributed by atoms with Gasteiger partial charge in [-0.2, -0.15) is 0 Å². The van der Waals surface area contributed by atoms with Crippen molar-refractivity contribution in [2.75, 3.05) is 92.3 Å². The van der Waals surface area contributed by atoms with Crippen LogP contribution in [0.5, 0.6) is 23.0 Å². The molecule has 33 nitrogen and oxygen atoms in total. The first-order valence-corrected chi connectivity index (χ1v) is 41.6. The van der Waals surface area contributed by atoms with Gasteiger partial charge in [0.1, 0.15) is 36.0 Å². The number of unbranched alkanes of at least 4 members (excludes halogenated alkanes) is 4. The number of esters is 1. The normalized spacial score (nSPS) is 15.0. The number of aryl methyl sites for hydroxylation is 1. The average Bonchev–Trinajstić information content (AvgIpc) is 1.63. The minimum absolute atomic E-state index is 0.0193. The Balaban J connectivity index is 0.000000446. The van der Waals surface area contributed by atoms with E-state index in [-0.39, 0.29) is 141 Å². The van der Waals surface area contributed by atoms with Crippen LogP contribution in [0.2, 0.25) is 0 Å². The van der Waals surface area contributed by atoms with Gasteiger partial charge in [0.2, 0.25) is 23.6 Å². The van der Waals surface area contributed by atoms with Gasteiger partial charge in [-0.25, -0.2) is 4.84 Å². The third-order valence-corrected chi connectivity index (χ3v) is 18.8. The summed E-state index contributed by atoms with van der Waals surface area (Å²) in [6.07, 6.45) is 19.4. The highest BCUT2D eigenvalue weighted by molar-refractivity contribution is 6.14. The Morgan fingerprint density at radius 1 is 0.560 bits per heavy atom. The van der Waals surface area contributed by atoms with Gasteiger partial charge in [-0.1, -0.05) is 57.4 Å². The summed E-state index contributed by atoms with van der Waals surface area (Å²) in [7, 11) is 2.15. The summed E-state index contributed by atoms with van der Waals surface area (Å²) in [5, 5.41) is 18.3. The predicted octanol–water partition coefficient (Wildman–Crippen LogP) is 10.7. The number of carbonyl (C=O) groups excluding carboxylic acids is 13. The maximum absolute atomic E-state index is 14.0. The number of ketones is 2. The molecule has 6 aliphatic heterocycles. The SMILES string of the molecule is CC(C)(C)OC(=O)CNC(=O)CN.CC(C)(C)OCCNCl.CCC.COc1ccc(C2=CN3C(=O)c4cc(C)c(OCCCOc5cc6c(cc5OC)C(=O)N5C=C(c7ccc(NC(=O)CCC(=O)CNC(=O)CCCCCN8C(=O)C=CC8=O)cc7)C[C@H]5C=N6)cc4N=C[C@@H]3C2)cc1.O=C(O)CNC(=O)CCC(=O)CCCCCN1C(=O)C=CC1=O.[2H]CF. The van der Waals surface area contributed by atoms with Crippen molar-refractivity contribution in [3.63, 3.8) is 0 Å². The van der Waals surface area contributed by atoms with Gasteiger partial charge in [0.05, 0.1) is 95.8 Å². The fourth-order valence-electron chi connectivity index (χ4n) is 12.5. The van der Waals surface area contributed by atoms with Crippen molar-refractivity contribution in [2.24, 2.45) is 15.7 Å². The van der Waals surface area contributed by atoms with Gasteiger partial charge in [-0.3, -0.25) is 91.3 Å². The van der Waals surface area contributed by atoms with Crippen LogP contribution in [0.25, 0.3) is 11.1 Å². The molecule has 6 aliphatic rings. The number of carboxylic acids is 1. The van der Waals surface area contributed by atoms with Crippen LogP contribution in [0.4, 0.5) is 21.5 Å². The number of hydrogen-bond donors (Lipinski definition) is 7. The number of carboxylic acid groups (broad SMARTS) is 1. The molecule has 4 aromatic carbocycles. The molecule has 10 amide bonds. The number of hydrogen-bond acceptors (Lipinski definition) is 24. The number of fused-ring (bicyclic) bond motifs is 4. The quantitative estimate of drug-likeness (QED) is 0.00944. The molecular formula is C90H118ClFN12O21. The number of imide groups is 2. The van der Waals surface area contributed by atoms with Gasteiger partial charge in [0.15, 0.2) is 17.3 Å². The summed E-state index contributed by atoms with van der Waals surface area (Å²) >= 11 is 5.20. The molecule has 35 heteroatoms. The van der Waals surface area contributed by atoms with Crippen LogP contribution >= 0.6 is 11.8 Å². The minimum atomic E-state index is -1.13. The van der Waals surface area contributed by atoms with Gasteiger partial charge in [-0.15, -0.1) is 0 Å². The topological polar surface area (TPSA) is 438 Å². The van der Waals surface area contributed by atoms with Crippen molar-refractivity contribution in [2.45, 2.75) is 188 Å². The minimum Gasteiger partial charge on any atom is -0.497 e. The molecule has 0 saturated heterocycles. The largest absolute Gasteiger partial charge is 0.497 e. The molecule has 2 atom stereocenters. The number of Topliss-reactive ketones (excluding diaryl/α,β-unsaturated/α-hetero) is 2. The molecule has 6 heterocycles. The second kappa shape index (κ2) is 53.1. The number of ether oxygens (including phenoxy) is 6. The Hall–Kier alpha value is -12.1. The number of nitrogens with zero attached hydrogens (tertiary/aromatic N) is 6. The average molecular weight is 1760 g/mol. The summed E-state index contributed by atoms with van der Waals surface area (Å²) < 4.78 is 49.1. The van der Waals surface area contributed by atoms with E-state index in [9.17, 15) is 71.5 Å². The highest BCUT2D eigenvalue weighted by Crippen LogP contribution is 2.41. The van der Waals surface area contributed by atoms with Crippen molar-refractivity contribution < 1.29 is 106 Å². The fourth-order valence-corrected chi connectivity index (χ4v) is 12.5. The number of rotatable bonds is 39. The number of benzene rings is 4. The first-order valence-electron chi connectivity index (χ1n) is 41.9. The fraction of sp³-hybridized carbons (Fsp3) is 0.467. The van der Waals surface area contributed by atoms with Crippen LogP contribution in [0.1, 0.15) is 197 Å². The summed E-state index contributed by atoms with van der Waals surface area (Å²) in [4.78, 5) is 183. The smallest absolute Gasteiger partial charge is 0.325 e. The second-order valence-corrected chi connectivity index (χ2v) is 31.2. The molecule has 0 spiro atoms. The Morgan fingerprint density at radius 2 is 1.03 bits per heavy atom. The molecule has 0 unspecified atom stereocenters. The lowest BCUT2D eigenvalue weighted by Crippen LogP contribution is -2.37. The molecule has 0 aliphatic carbocycles. The summed E-state index contributed by atoms with van der Waals surface area (Å²) in [6, 6.07) is 21.5. The van der Waals surface area contributed by atoms with Crippen molar-refractivity contribution in [3.05, 3.63) is 137 Å². The maximum Gasteiger partial charge on any atom is 0.325 e. The molecular weight excluding hydrogens is 1640 g/mol. The van der Waals surface area contributed by atoms with E-state index in [0.717, 1.165) is 43.4 Å². The third kappa shape index (κ3) is 35.9. The zero-order valence-electron chi connectivity index (χ0n) is 73.9. The number of amides is 10. The van der Waals surface area contributed by atoms with Gasteiger partial charge in [0.25, 0.3) is 35.4 Å². The van der Waals surface area contributed by atoms with Crippen LogP contribution in [-0.2, 0) is 67.0 Å². The van der Waals surface area contributed by atoms with Gasteiger partial charge in [-0.05, 0) is 150 Å². The van der Waals surface area contributed by atoms with E-state index in [1.165, 1.54) is 37.8 Å². The zero-order valence-corrected chi connectivity index (χ0v) is 73.7. The van der Waals surface area contributed by atoms with Crippen LogP contribution in [0.3, 0.4) is 0 Å². The molecule has 0 saturated carbocycles. The first-order chi connectivity index (χ1) is 60.0. The lowest BCUT2D eigenvalue weighted by molar-refractivity contribution is -0.154. The standard InChI is InChI=1S/C57H57N7O11.C15H20N2O6.C8H16N2O3.C6H14ClNO.C3H8.CH3F/c1-35-24-45-47(58-30-41-26-39(34-63(41)56(45)70)37-11-16-44(72-2)17-12-37)28-49(35)74-22-7-23-75-51-29-48-46(27-50(51)73-3)57(71)64-33-38(25-42(64)31-59-48)36-9-13-40(14-10-36)61-53(67)18-15-43(65)32-60-52(66)8-5-4-6-21-62-54(68)19-20-55(62)69;18-11(5-6-12(19)16-10-15(22)23)4-2-1-3-9-17-13(20)7-8-14(17)21;1-8(2,3)13-7(12)5-10-6(11)4-9;1-6(2,3)9-5-4-8-7;1-3-2;1-2/h9-14,16-17,19-20,24,27-31,33-34,41-42H,4-8,15,18,21-23,25-26,32H2,1-3H3,(H,60,66)(H,61,67);7-8H,1-6,9-10H2,(H,16,19)(H,22,23);4-5,9H2,1-3H3,(H,10,11);8H,4-5H2,1-3H3;3H2,1-2H3;1H3/t41-,42-;;;;;/m0...../s1/i;;;;;1D. The van der Waals surface area contributed by atoms with Crippen molar-refractivity contribution in [1.29, 1.82) is 0 Å². The Kier molecular flexibility index (Phi) is 43.2. The van der Waals surface area contributed by atoms with E-state index in [2.05, 4.69) is 40.0 Å². The lowest BCUT2D eigenvalue weighted by Gasteiger charge is -2.19. The van der Waals surface area contributed by atoms with Crippen LogP contribution in [0.15, 0.2) is 119 Å². The third-order valence-electron chi connectivity index (χ3n) is 18.6. The Morgan fingerprint density at radius 3 is 1.53 bits per heavy atom. The van der Waals surface area contributed by atoms with Gasteiger partial charge >= 0.3 is 11.9 Å². The molecule has 678 valence electrons. The van der Waals surface area contributed by atoms with E-state index < -0.39 is 37.1 Å². The first kappa shape index (κ1) is 102. The molecule has 0 fully saturated rings. The lowest BCUT2D eigenvalue weighted by atomic mass is 10.0. The molecule has 0 bridgehead atoms. The number of alkyl halides is 1.